The number of hydrogen-bond donors (Lipinski definition) is 2. The zero-order valence-electron chi connectivity index (χ0n) is 12.7. The van der Waals surface area contributed by atoms with E-state index in [1.807, 2.05) is 13.0 Å². The molecule has 0 aromatic heterocycles. The van der Waals surface area contributed by atoms with Gasteiger partial charge in [0.25, 0.3) is 5.91 Å². The van der Waals surface area contributed by atoms with E-state index in [9.17, 15) is 9.59 Å². The molecule has 114 valence electrons. The van der Waals surface area contributed by atoms with Crippen molar-refractivity contribution in [3.05, 3.63) is 41.0 Å². The molecule has 0 unspecified atom stereocenters. The summed E-state index contributed by atoms with van der Waals surface area (Å²) in [4.78, 5) is 22.6. The van der Waals surface area contributed by atoms with Gasteiger partial charge >= 0.3 is 5.97 Å². The Hall–Kier alpha value is -2.10. The molecule has 1 aromatic rings. The molecular formula is C17H23NO3. The molecule has 1 amide bonds. The fourth-order valence-corrected chi connectivity index (χ4v) is 2.06. The van der Waals surface area contributed by atoms with Crippen molar-refractivity contribution >= 4 is 18.0 Å². The molecule has 0 bridgehead atoms. The summed E-state index contributed by atoms with van der Waals surface area (Å²) in [6.45, 7) is 4.71. The monoisotopic (exact) mass is 289 g/mol. The molecule has 0 saturated heterocycles. The molecule has 1 rings (SSSR count). The fourth-order valence-electron chi connectivity index (χ4n) is 2.06. The zero-order chi connectivity index (χ0) is 15.7. The third-order valence-corrected chi connectivity index (χ3v) is 3.10. The van der Waals surface area contributed by atoms with E-state index >= 15 is 0 Å². The van der Waals surface area contributed by atoms with Crippen LogP contribution in [-0.2, 0) is 4.79 Å². The number of carboxylic acids is 1. The van der Waals surface area contributed by atoms with Crippen molar-refractivity contribution in [3.63, 3.8) is 0 Å². The van der Waals surface area contributed by atoms with Crippen molar-refractivity contribution in [3.8, 4) is 0 Å². The number of rotatable bonds is 8. The Morgan fingerprint density at radius 1 is 1.19 bits per heavy atom. The summed E-state index contributed by atoms with van der Waals surface area (Å²) >= 11 is 0. The van der Waals surface area contributed by atoms with Crippen LogP contribution in [0.2, 0.25) is 0 Å². The van der Waals surface area contributed by atoms with Crippen LogP contribution in [0, 0.1) is 6.92 Å². The number of unbranched alkanes of at least 4 members (excludes halogenated alkanes) is 3. The summed E-state index contributed by atoms with van der Waals surface area (Å²) in [7, 11) is 0. The largest absolute Gasteiger partial charge is 0.478 e. The van der Waals surface area contributed by atoms with Crippen molar-refractivity contribution in [2.75, 3.05) is 6.54 Å². The third-order valence-electron chi connectivity index (χ3n) is 3.10. The van der Waals surface area contributed by atoms with Crippen LogP contribution in [0.1, 0.15) is 54.1 Å². The lowest BCUT2D eigenvalue weighted by Gasteiger charge is -2.07. The van der Waals surface area contributed by atoms with Gasteiger partial charge in [0, 0.05) is 18.2 Å². The van der Waals surface area contributed by atoms with Gasteiger partial charge in [0.1, 0.15) is 0 Å². The van der Waals surface area contributed by atoms with Crippen molar-refractivity contribution < 1.29 is 14.7 Å². The zero-order valence-corrected chi connectivity index (χ0v) is 12.7. The van der Waals surface area contributed by atoms with Gasteiger partial charge in [-0.1, -0.05) is 32.3 Å². The Bertz CT molecular complexity index is 521. The number of benzene rings is 1. The molecule has 0 fully saturated rings. The van der Waals surface area contributed by atoms with E-state index in [1.165, 1.54) is 18.9 Å². The Morgan fingerprint density at radius 2 is 1.95 bits per heavy atom. The SMILES string of the molecule is CCCCCCNC(=O)c1cc(C)cc(/C=C/C(=O)O)c1. The molecule has 0 radical (unpaired) electrons. The number of aliphatic carboxylic acids is 1. The predicted octanol–water partition coefficient (Wildman–Crippen LogP) is 3.40. The second kappa shape index (κ2) is 8.95. The smallest absolute Gasteiger partial charge is 0.328 e. The summed E-state index contributed by atoms with van der Waals surface area (Å²) in [5.74, 6) is -1.11. The van der Waals surface area contributed by atoms with Gasteiger partial charge in [-0.25, -0.2) is 4.79 Å². The molecule has 0 aliphatic rings. The minimum absolute atomic E-state index is 0.111. The van der Waals surface area contributed by atoms with Gasteiger partial charge < -0.3 is 10.4 Å². The van der Waals surface area contributed by atoms with Gasteiger partial charge in [-0.2, -0.15) is 0 Å². The first-order valence-electron chi connectivity index (χ1n) is 7.34. The van der Waals surface area contributed by atoms with Crippen LogP contribution in [0.3, 0.4) is 0 Å². The highest BCUT2D eigenvalue weighted by molar-refractivity contribution is 5.95. The minimum atomic E-state index is -1.00. The van der Waals surface area contributed by atoms with Crippen LogP contribution in [0.5, 0.6) is 0 Å². The van der Waals surface area contributed by atoms with Crippen LogP contribution >= 0.6 is 0 Å². The Labute approximate surface area is 125 Å². The number of hydrogen-bond acceptors (Lipinski definition) is 2. The van der Waals surface area contributed by atoms with E-state index in [0.29, 0.717) is 17.7 Å². The van der Waals surface area contributed by atoms with Gasteiger partial charge in [0.05, 0.1) is 0 Å². The maximum Gasteiger partial charge on any atom is 0.328 e. The Kier molecular flexibility index (Phi) is 7.23. The van der Waals surface area contributed by atoms with Crippen LogP contribution in [-0.4, -0.2) is 23.5 Å². The number of carbonyl (C=O) groups excluding carboxylic acids is 1. The topological polar surface area (TPSA) is 66.4 Å². The van der Waals surface area contributed by atoms with E-state index in [4.69, 9.17) is 5.11 Å². The number of carbonyl (C=O) groups is 2. The first kappa shape index (κ1) is 17.0. The lowest BCUT2D eigenvalue weighted by Crippen LogP contribution is -2.24. The number of carboxylic acid groups (broad SMARTS) is 1. The molecule has 4 nitrogen and oxygen atoms in total. The van der Waals surface area contributed by atoms with E-state index in [-0.39, 0.29) is 5.91 Å². The van der Waals surface area contributed by atoms with Gasteiger partial charge in [-0.3, -0.25) is 4.79 Å². The molecule has 1 aromatic carbocycles. The maximum absolute atomic E-state index is 12.1. The van der Waals surface area contributed by atoms with Crippen molar-refractivity contribution in [1.29, 1.82) is 0 Å². The second-order valence-electron chi connectivity index (χ2n) is 5.12. The maximum atomic E-state index is 12.1. The highest BCUT2D eigenvalue weighted by atomic mass is 16.4. The molecule has 0 aliphatic heterocycles. The summed E-state index contributed by atoms with van der Waals surface area (Å²) in [5.41, 5.74) is 2.21. The van der Waals surface area contributed by atoms with E-state index in [1.54, 1.807) is 12.1 Å². The highest BCUT2D eigenvalue weighted by Crippen LogP contribution is 2.11. The molecular weight excluding hydrogens is 266 g/mol. The molecule has 0 saturated carbocycles. The van der Waals surface area contributed by atoms with Crippen molar-refractivity contribution in [2.24, 2.45) is 0 Å². The minimum Gasteiger partial charge on any atom is -0.478 e. The standard InChI is InChI=1S/C17H23NO3/c1-3-4-5-6-9-18-17(21)15-11-13(2)10-14(12-15)7-8-16(19)20/h7-8,10-12H,3-6,9H2,1-2H3,(H,18,21)(H,19,20)/b8-7+. The quantitative estimate of drug-likeness (QED) is 0.569. The molecule has 21 heavy (non-hydrogen) atoms. The summed E-state index contributed by atoms with van der Waals surface area (Å²) in [5, 5.41) is 11.5. The lowest BCUT2D eigenvalue weighted by atomic mass is 10.1. The molecule has 0 spiro atoms. The molecule has 0 heterocycles. The molecule has 2 N–H and O–H groups in total. The van der Waals surface area contributed by atoms with E-state index in [0.717, 1.165) is 24.5 Å². The van der Waals surface area contributed by atoms with Gasteiger partial charge in [-0.15, -0.1) is 0 Å². The average Bonchev–Trinajstić information content (AvgIpc) is 2.44. The number of amides is 1. The van der Waals surface area contributed by atoms with Gasteiger partial charge in [0.2, 0.25) is 0 Å². The molecule has 0 aliphatic carbocycles. The van der Waals surface area contributed by atoms with Gasteiger partial charge in [0.15, 0.2) is 0 Å². The van der Waals surface area contributed by atoms with E-state index in [2.05, 4.69) is 12.2 Å². The Morgan fingerprint density at radius 3 is 2.62 bits per heavy atom. The second-order valence-corrected chi connectivity index (χ2v) is 5.12. The van der Waals surface area contributed by atoms with Crippen molar-refractivity contribution in [2.45, 2.75) is 39.5 Å². The number of nitrogens with one attached hydrogen (secondary N) is 1. The summed E-state index contributed by atoms with van der Waals surface area (Å²) in [6, 6.07) is 5.35. The van der Waals surface area contributed by atoms with Crippen LogP contribution < -0.4 is 5.32 Å². The van der Waals surface area contributed by atoms with Crippen LogP contribution in [0.25, 0.3) is 6.08 Å². The molecule has 0 atom stereocenters. The lowest BCUT2D eigenvalue weighted by molar-refractivity contribution is -0.131. The first-order chi connectivity index (χ1) is 10.0. The predicted molar refractivity (Wildman–Crippen MR) is 84.3 cm³/mol. The first-order valence-corrected chi connectivity index (χ1v) is 7.34. The summed E-state index contributed by atoms with van der Waals surface area (Å²) < 4.78 is 0. The van der Waals surface area contributed by atoms with Crippen molar-refractivity contribution in [1.82, 2.24) is 5.32 Å². The fraction of sp³-hybridized carbons (Fsp3) is 0.412. The number of aryl methyl sites for hydroxylation is 1. The Balaban J connectivity index is 2.64. The van der Waals surface area contributed by atoms with Gasteiger partial charge in [-0.05, 0) is 42.7 Å². The summed E-state index contributed by atoms with van der Waals surface area (Å²) in [6.07, 6.45) is 7.03. The third kappa shape index (κ3) is 6.75. The average molecular weight is 289 g/mol. The highest BCUT2D eigenvalue weighted by Gasteiger charge is 2.06. The van der Waals surface area contributed by atoms with Crippen LogP contribution in [0.15, 0.2) is 24.3 Å². The molecule has 4 heteroatoms. The normalized spacial score (nSPS) is 10.8. The van der Waals surface area contributed by atoms with Crippen LogP contribution in [0.4, 0.5) is 0 Å². The van der Waals surface area contributed by atoms with E-state index < -0.39 is 5.97 Å².